The molecule has 0 bridgehead atoms. The number of aromatic carboxylic acids is 1. The Labute approximate surface area is 114 Å². The molecule has 2 rings (SSSR count). The van der Waals surface area contributed by atoms with E-state index < -0.39 is 5.97 Å². The van der Waals surface area contributed by atoms with Gasteiger partial charge in [0, 0.05) is 12.6 Å². The molecule has 0 amide bonds. The summed E-state index contributed by atoms with van der Waals surface area (Å²) in [5.74, 6) is -0.517. The summed E-state index contributed by atoms with van der Waals surface area (Å²) in [4.78, 5) is 13.6. The SMILES string of the molecule is CCCN(Cc1ccc(OC)c(C(=O)O)c1)C1CC1. The zero-order chi connectivity index (χ0) is 13.8. The summed E-state index contributed by atoms with van der Waals surface area (Å²) in [5.41, 5.74) is 1.28. The molecule has 0 unspecified atom stereocenters. The molecular formula is C15H21NO3. The first-order chi connectivity index (χ1) is 9.15. The van der Waals surface area contributed by atoms with Crippen molar-refractivity contribution in [3.05, 3.63) is 29.3 Å². The number of methoxy groups -OCH3 is 1. The van der Waals surface area contributed by atoms with Gasteiger partial charge >= 0.3 is 5.97 Å². The van der Waals surface area contributed by atoms with Gasteiger partial charge in [0.25, 0.3) is 0 Å². The zero-order valence-corrected chi connectivity index (χ0v) is 11.6. The van der Waals surface area contributed by atoms with E-state index in [0.29, 0.717) is 11.8 Å². The van der Waals surface area contributed by atoms with Gasteiger partial charge in [-0.1, -0.05) is 13.0 Å². The number of carboxylic acids is 1. The van der Waals surface area contributed by atoms with Gasteiger partial charge in [0.15, 0.2) is 0 Å². The number of nitrogens with zero attached hydrogens (tertiary/aromatic N) is 1. The van der Waals surface area contributed by atoms with Crippen molar-refractivity contribution in [1.82, 2.24) is 4.90 Å². The lowest BCUT2D eigenvalue weighted by Gasteiger charge is -2.21. The third kappa shape index (κ3) is 3.47. The van der Waals surface area contributed by atoms with Crippen LogP contribution in [-0.4, -0.2) is 35.7 Å². The van der Waals surface area contributed by atoms with E-state index >= 15 is 0 Å². The fraction of sp³-hybridized carbons (Fsp3) is 0.533. The van der Waals surface area contributed by atoms with E-state index in [-0.39, 0.29) is 5.56 Å². The maximum atomic E-state index is 11.2. The third-order valence-electron chi connectivity index (χ3n) is 3.45. The number of benzene rings is 1. The Hall–Kier alpha value is -1.55. The largest absolute Gasteiger partial charge is 0.496 e. The minimum absolute atomic E-state index is 0.243. The van der Waals surface area contributed by atoms with Gasteiger partial charge in [-0.15, -0.1) is 0 Å². The summed E-state index contributed by atoms with van der Waals surface area (Å²) in [5, 5.41) is 9.19. The Balaban J connectivity index is 2.15. The van der Waals surface area contributed by atoms with Crippen molar-refractivity contribution in [2.45, 2.75) is 38.8 Å². The second-order valence-electron chi connectivity index (χ2n) is 5.04. The minimum atomic E-state index is -0.938. The highest BCUT2D eigenvalue weighted by Crippen LogP contribution is 2.29. The van der Waals surface area contributed by atoms with E-state index in [1.165, 1.54) is 20.0 Å². The Morgan fingerprint density at radius 2 is 2.21 bits per heavy atom. The molecule has 0 spiro atoms. The van der Waals surface area contributed by atoms with Crippen LogP contribution < -0.4 is 4.74 Å². The Morgan fingerprint density at radius 3 is 2.74 bits per heavy atom. The van der Waals surface area contributed by atoms with Crippen LogP contribution >= 0.6 is 0 Å². The van der Waals surface area contributed by atoms with E-state index in [1.54, 1.807) is 12.1 Å². The van der Waals surface area contributed by atoms with Crippen LogP contribution in [-0.2, 0) is 6.54 Å². The van der Waals surface area contributed by atoms with Crippen LogP contribution in [0, 0.1) is 0 Å². The molecule has 1 fully saturated rings. The van der Waals surface area contributed by atoms with Crippen molar-refractivity contribution in [2.24, 2.45) is 0 Å². The van der Waals surface area contributed by atoms with Gasteiger partial charge in [0.2, 0.25) is 0 Å². The third-order valence-corrected chi connectivity index (χ3v) is 3.45. The van der Waals surface area contributed by atoms with Crippen LogP contribution in [0.5, 0.6) is 5.75 Å². The normalized spacial score (nSPS) is 14.7. The summed E-state index contributed by atoms with van der Waals surface area (Å²) in [6.07, 6.45) is 3.66. The molecule has 1 aliphatic rings. The van der Waals surface area contributed by atoms with Gasteiger partial charge in [-0.2, -0.15) is 0 Å². The predicted octanol–water partition coefficient (Wildman–Crippen LogP) is 2.77. The highest BCUT2D eigenvalue weighted by Gasteiger charge is 2.28. The standard InChI is InChI=1S/C15H21NO3/c1-3-8-16(12-5-6-12)10-11-4-7-14(19-2)13(9-11)15(17)18/h4,7,9,12H,3,5-6,8,10H2,1-2H3,(H,17,18). The summed E-state index contributed by atoms with van der Waals surface area (Å²) >= 11 is 0. The van der Waals surface area contributed by atoms with E-state index in [4.69, 9.17) is 4.74 Å². The van der Waals surface area contributed by atoms with Crippen LogP contribution in [0.25, 0.3) is 0 Å². The van der Waals surface area contributed by atoms with Crippen LogP contribution in [0.4, 0.5) is 0 Å². The number of hydrogen-bond acceptors (Lipinski definition) is 3. The first-order valence-corrected chi connectivity index (χ1v) is 6.80. The molecule has 1 aromatic rings. The van der Waals surface area contributed by atoms with Crippen LogP contribution in [0.1, 0.15) is 42.1 Å². The van der Waals surface area contributed by atoms with Crippen molar-refractivity contribution in [1.29, 1.82) is 0 Å². The van der Waals surface area contributed by atoms with Crippen molar-refractivity contribution >= 4 is 5.97 Å². The molecule has 0 heterocycles. The zero-order valence-electron chi connectivity index (χ0n) is 11.6. The van der Waals surface area contributed by atoms with Crippen LogP contribution in [0.15, 0.2) is 18.2 Å². The molecule has 4 heteroatoms. The van der Waals surface area contributed by atoms with Gasteiger partial charge in [0.1, 0.15) is 11.3 Å². The summed E-state index contributed by atoms with van der Waals surface area (Å²) in [6.45, 7) is 4.06. The maximum Gasteiger partial charge on any atom is 0.339 e. The Bertz CT molecular complexity index is 455. The van der Waals surface area contributed by atoms with Crippen LogP contribution in [0.3, 0.4) is 0 Å². The van der Waals surface area contributed by atoms with Crippen molar-refractivity contribution in [3.63, 3.8) is 0 Å². The molecule has 19 heavy (non-hydrogen) atoms. The summed E-state index contributed by atoms with van der Waals surface area (Å²) in [6, 6.07) is 6.12. The average molecular weight is 263 g/mol. The topological polar surface area (TPSA) is 49.8 Å². The first-order valence-electron chi connectivity index (χ1n) is 6.80. The quantitative estimate of drug-likeness (QED) is 0.821. The lowest BCUT2D eigenvalue weighted by molar-refractivity contribution is 0.0693. The minimum Gasteiger partial charge on any atom is -0.496 e. The van der Waals surface area contributed by atoms with E-state index in [2.05, 4.69) is 11.8 Å². The summed E-state index contributed by atoms with van der Waals surface area (Å²) in [7, 11) is 1.50. The van der Waals surface area contributed by atoms with Gasteiger partial charge in [-0.3, -0.25) is 4.90 Å². The second-order valence-corrected chi connectivity index (χ2v) is 5.04. The Kier molecular flexibility index (Phi) is 4.43. The van der Waals surface area contributed by atoms with Gasteiger partial charge in [-0.25, -0.2) is 4.79 Å². The smallest absolute Gasteiger partial charge is 0.339 e. The Morgan fingerprint density at radius 1 is 1.47 bits per heavy atom. The fourth-order valence-corrected chi connectivity index (χ4v) is 2.37. The maximum absolute atomic E-state index is 11.2. The van der Waals surface area contributed by atoms with E-state index in [0.717, 1.165) is 25.1 Å². The average Bonchev–Trinajstić information content (AvgIpc) is 3.22. The molecule has 1 aliphatic carbocycles. The molecule has 4 nitrogen and oxygen atoms in total. The molecule has 0 saturated heterocycles. The molecular weight excluding hydrogens is 242 g/mol. The lowest BCUT2D eigenvalue weighted by atomic mass is 10.1. The number of hydrogen-bond donors (Lipinski definition) is 1. The van der Waals surface area contributed by atoms with Crippen molar-refractivity contribution in [3.8, 4) is 5.75 Å². The molecule has 1 aromatic carbocycles. The van der Waals surface area contributed by atoms with Crippen LogP contribution in [0.2, 0.25) is 0 Å². The first kappa shape index (κ1) is 13.9. The number of ether oxygens (including phenoxy) is 1. The highest BCUT2D eigenvalue weighted by molar-refractivity contribution is 5.91. The predicted molar refractivity (Wildman–Crippen MR) is 73.7 cm³/mol. The number of carboxylic acid groups (broad SMARTS) is 1. The molecule has 1 N–H and O–H groups in total. The molecule has 0 aliphatic heterocycles. The van der Waals surface area contributed by atoms with E-state index in [1.807, 2.05) is 6.07 Å². The highest BCUT2D eigenvalue weighted by atomic mass is 16.5. The molecule has 1 saturated carbocycles. The molecule has 0 atom stereocenters. The second kappa shape index (κ2) is 6.06. The lowest BCUT2D eigenvalue weighted by Crippen LogP contribution is -2.26. The summed E-state index contributed by atoms with van der Waals surface area (Å²) < 4.78 is 5.08. The van der Waals surface area contributed by atoms with Crippen molar-refractivity contribution in [2.75, 3.05) is 13.7 Å². The number of carbonyl (C=O) groups is 1. The molecule has 0 aromatic heterocycles. The van der Waals surface area contributed by atoms with Crippen molar-refractivity contribution < 1.29 is 14.6 Å². The number of rotatable bonds is 7. The van der Waals surface area contributed by atoms with E-state index in [9.17, 15) is 9.90 Å². The van der Waals surface area contributed by atoms with Gasteiger partial charge < -0.3 is 9.84 Å². The van der Waals surface area contributed by atoms with Gasteiger partial charge in [-0.05, 0) is 43.5 Å². The molecule has 104 valence electrons. The monoisotopic (exact) mass is 263 g/mol. The van der Waals surface area contributed by atoms with Gasteiger partial charge in [0.05, 0.1) is 7.11 Å². The fourth-order valence-electron chi connectivity index (χ4n) is 2.37. The molecule has 0 radical (unpaired) electrons.